The molecule has 11 heteroatoms. The summed E-state index contributed by atoms with van der Waals surface area (Å²) in [6.45, 7) is 6.28. The van der Waals surface area contributed by atoms with Crippen LogP contribution in [0.2, 0.25) is 5.02 Å². The molecule has 1 saturated heterocycles. The van der Waals surface area contributed by atoms with Gasteiger partial charge >= 0.3 is 0 Å². The summed E-state index contributed by atoms with van der Waals surface area (Å²) in [6, 6.07) is 22.5. The number of hydrogen-bond donors (Lipinski definition) is 1. The van der Waals surface area contributed by atoms with Crippen LogP contribution in [0.1, 0.15) is 44.7 Å². The Hall–Kier alpha value is -3.98. The van der Waals surface area contributed by atoms with E-state index < -0.39 is 10.0 Å². The first-order valence-electron chi connectivity index (χ1n) is 15.8. The van der Waals surface area contributed by atoms with E-state index in [4.69, 9.17) is 21.4 Å². The number of aromatic nitrogens is 2. The Morgan fingerprint density at radius 2 is 1.74 bits per heavy atom. The van der Waals surface area contributed by atoms with Crippen molar-refractivity contribution in [3.63, 3.8) is 0 Å². The highest BCUT2D eigenvalue weighted by Gasteiger charge is 2.30. The van der Waals surface area contributed by atoms with Gasteiger partial charge in [0.05, 0.1) is 30.2 Å². The maximum Gasteiger partial charge on any atom is 0.251 e. The minimum absolute atomic E-state index is 0.118. The third kappa shape index (κ3) is 8.30. The summed E-state index contributed by atoms with van der Waals surface area (Å²) in [6.07, 6.45) is 2.81. The number of sulfonamides is 1. The highest BCUT2D eigenvalue weighted by Crippen LogP contribution is 2.33. The molecule has 3 aromatic carbocycles. The molecule has 0 bridgehead atoms. The van der Waals surface area contributed by atoms with Crippen LogP contribution in [-0.2, 0) is 40.8 Å². The molecule has 1 aromatic heterocycles. The quantitative estimate of drug-likeness (QED) is 0.262. The number of halogens is 1. The number of benzene rings is 3. The van der Waals surface area contributed by atoms with Gasteiger partial charge in [-0.3, -0.25) is 14.4 Å². The second-order valence-electron chi connectivity index (χ2n) is 11.8. The Labute approximate surface area is 281 Å². The van der Waals surface area contributed by atoms with E-state index in [0.717, 1.165) is 79.5 Å². The van der Waals surface area contributed by atoms with Crippen molar-refractivity contribution >= 4 is 27.5 Å². The Balaban J connectivity index is 1.19. The van der Waals surface area contributed by atoms with Gasteiger partial charge in [0.2, 0.25) is 10.0 Å². The molecule has 0 saturated carbocycles. The van der Waals surface area contributed by atoms with Crippen LogP contribution in [0.4, 0.5) is 0 Å². The molecule has 1 N–H and O–H groups in total. The molecule has 0 unspecified atom stereocenters. The number of carbonyl (C=O) groups is 1. The molecule has 244 valence electrons. The number of rotatable bonds is 9. The monoisotopic (exact) mass is 671 g/mol. The topological polar surface area (TPSA) is 96.8 Å². The zero-order chi connectivity index (χ0) is 32.8. The summed E-state index contributed by atoms with van der Waals surface area (Å²) in [4.78, 5) is 14.8. The number of carbonyl (C=O) groups excluding carboxylic acids is 1. The summed E-state index contributed by atoms with van der Waals surface area (Å²) in [5.74, 6) is 6.30. The van der Waals surface area contributed by atoms with Gasteiger partial charge in [0, 0.05) is 85.7 Å². The van der Waals surface area contributed by atoms with Crippen LogP contribution in [0.15, 0.2) is 72.8 Å². The van der Waals surface area contributed by atoms with Crippen LogP contribution in [-0.4, -0.2) is 79.0 Å². The second-order valence-corrected chi connectivity index (χ2v) is 14.2. The highest BCUT2D eigenvalue weighted by atomic mass is 35.5. The van der Waals surface area contributed by atoms with Crippen molar-refractivity contribution in [2.24, 2.45) is 0 Å². The first-order chi connectivity index (χ1) is 22.7. The molecule has 3 heterocycles. The molecule has 1 amide bonds. The number of amides is 1. The summed E-state index contributed by atoms with van der Waals surface area (Å²) >= 11 is 6.60. The molecule has 2 aliphatic rings. The molecule has 0 aliphatic carbocycles. The van der Waals surface area contributed by atoms with Crippen molar-refractivity contribution in [1.29, 1.82) is 0 Å². The van der Waals surface area contributed by atoms with E-state index in [2.05, 4.69) is 26.7 Å². The molecule has 0 radical (unpaired) electrons. The van der Waals surface area contributed by atoms with Crippen molar-refractivity contribution < 1.29 is 17.9 Å². The molecule has 0 spiro atoms. The number of morpholine rings is 1. The van der Waals surface area contributed by atoms with Crippen LogP contribution < -0.4 is 5.32 Å². The summed E-state index contributed by atoms with van der Waals surface area (Å²) < 4.78 is 34.0. The number of nitrogens with zero attached hydrogens (tertiary/aromatic N) is 4. The van der Waals surface area contributed by atoms with Gasteiger partial charge in [0.25, 0.3) is 5.91 Å². The lowest BCUT2D eigenvalue weighted by atomic mass is 10.0. The van der Waals surface area contributed by atoms with E-state index in [1.54, 1.807) is 12.1 Å². The number of fused-ring (bicyclic) bond motifs is 1. The molecule has 9 nitrogen and oxygen atoms in total. The standard InChI is InChI=1S/C36H38ClN5O4S/c1-47(44,45)41-19-16-34-32(26-41)35(39-42(34)18-5-17-40-20-22-46-23-21-40)31-14-15-33(37)30(24-31)13-12-27-8-10-28(11-9-27)25-38-36(43)29-6-3-2-4-7-29/h2-4,6-11,14-15,24H,5,16-23,25-26H2,1H3,(H,38,43). The summed E-state index contributed by atoms with van der Waals surface area (Å²) in [5.41, 5.74) is 6.70. The Kier molecular flexibility index (Phi) is 10.4. The molecule has 47 heavy (non-hydrogen) atoms. The van der Waals surface area contributed by atoms with Gasteiger partial charge < -0.3 is 10.1 Å². The minimum atomic E-state index is -3.35. The lowest BCUT2D eigenvalue weighted by Gasteiger charge is -2.27. The molecular weight excluding hydrogens is 634 g/mol. The normalized spacial score (nSPS) is 15.4. The summed E-state index contributed by atoms with van der Waals surface area (Å²) in [5, 5.41) is 8.50. The molecule has 4 aromatic rings. The lowest BCUT2D eigenvalue weighted by Crippen LogP contribution is -2.37. The van der Waals surface area contributed by atoms with Crippen molar-refractivity contribution in [2.75, 3.05) is 45.6 Å². The number of ether oxygens (including phenoxy) is 1. The van der Waals surface area contributed by atoms with E-state index in [1.165, 1.54) is 10.6 Å². The van der Waals surface area contributed by atoms with Gasteiger partial charge in [-0.15, -0.1) is 0 Å². The fourth-order valence-electron chi connectivity index (χ4n) is 5.92. The predicted octanol–water partition coefficient (Wildman–Crippen LogP) is 4.57. The Morgan fingerprint density at radius 1 is 0.979 bits per heavy atom. The van der Waals surface area contributed by atoms with E-state index in [-0.39, 0.29) is 12.5 Å². The third-order valence-corrected chi connectivity index (χ3v) is 10.1. The van der Waals surface area contributed by atoms with Gasteiger partial charge in [0.15, 0.2) is 0 Å². The van der Waals surface area contributed by atoms with Gasteiger partial charge in [0.1, 0.15) is 0 Å². The van der Waals surface area contributed by atoms with Gasteiger partial charge in [-0.05, 0) is 48.4 Å². The zero-order valence-electron chi connectivity index (χ0n) is 26.4. The van der Waals surface area contributed by atoms with Crippen LogP contribution in [0, 0.1) is 11.8 Å². The third-order valence-electron chi connectivity index (χ3n) is 8.54. The summed E-state index contributed by atoms with van der Waals surface area (Å²) in [7, 11) is -3.35. The molecule has 6 rings (SSSR count). The van der Waals surface area contributed by atoms with Gasteiger partial charge in [-0.1, -0.05) is 59.8 Å². The molecule has 1 fully saturated rings. The van der Waals surface area contributed by atoms with Crippen LogP contribution in [0.5, 0.6) is 0 Å². The first kappa shape index (κ1) is 32.9. The minimum Gasteiger partial charge on any atom is -0.379 e. The van der Waals surface area contributed by atoms with Crippen LogP contribution in [0.3, 0.4) is 0 Å². The van der Waals surface area contributed by atoms with E-state index >= 15 is 0 Å². The van der Waals surface area contributed by atoms with E-state index in [1.807, 2.05) is 60.7 Å². The SMILES string of the molecule is CS(=O)(=O)N1CCc2c(c(-c3ccc(Cl)c(C#Cc4ccc(CNC(=O)c5ccccc5)cc4)c3)nn2CCCN2CCOCC2)C1. The zero-order valence-corrected chi connectivity index (χ0v) is 28.0. The van der Waals surface area contributed by atoms with Crippen molar-refractivity contribution in [2.45, 2.75) is 32.5 Å². The number of aryl methyl sites for hydroxylation is 1. The Bertz CT molecular complexity index is 1890. The van der Waals surface area contributed by atoms with Gasteiger partial charge in [-0.2, -0.15) is 9.40 Å². The van der Waals surface area contributed by atoms with Gasteiger partial charge in [-0.25, -0.2) is 8.42 Å². The van der Waals surface area contributed by atoms with E-state index in [0.29, 0.717) is 35.7 Å². The van der Waals surface area contributed by atoms with Crippen LogP contribution >= 0.6 is 11.6 Å². The average molecular weight is 672 g/mol. The van der Waals surface area contributed by atoms with Crippen molar-refractivity contribution in [3.05, 3.63) is 111 Å². The number of nitrogens with one attached hydrogen (secondary N) is 1. The maximum absolute atomic E-state index is 12.5. The largest absolute Gasteiger partial charge is 0.379 e. The molecule has 0 atom stereocenters. The highest BCUT2D eigenvalue weighted by molar-refractivity contribution is 7.88. The molecular formula is C36H38ClN5O4S. The van der Waals surface area contributed by atoms with E-state index in [9.17, 15) is 13.2 Å². The van der Waals surface area contributed by atoms with Crippen molar-refractivity contribution in [1.82, 2.24) is 24.3 Å². The predicted molar refractivity (Wildman–Crippen MR) is 184 cm³/mol. The fraction of sp³-hybridized carbons (Fsp3) is 0.333. The maximum atomic E-state index is 12.5. The fourth-order valence-corrected chi connectivity index (χ4v) is 6.87. The first-order valence-corrected chi connectivity index (χ1v) is 18.0. The Morgan fingerprint density at radius 3 is 2.49 bits per heavy atom. The average Bonchev–Trinajstić information content (AvgIpc) is 3.45. The second kappa shape index (κ2) is 14.8. The lowest BCUT2D eigenvalue weighted by molar-refractivity contribution is 0.0368. The van der Waals surface area contributed by atoms with Crippen molar-refractivity contribution in [3.8, 4) is 23.1 Å². The number of hydrogen-bond acceptors (Lipinski definition) is 6. The van der Waals surface area contributed by atoms with Crippen LogP contribution in [0.25, 0.3) is 11.3 Å². The smallest absolute Gasteiger partial charge is 0.251 e. The molecule has 2 aliphatic heterocycles.